The molecule has 1 aromatic carbocycles. The minimum absolute atomic E-state index is 0.169. The van der Waals surface area contributed by atoms with Crippen molar-refractivity contribution in [3.05, 3.63) is 35.2 Å². The van der Waals surface area contributed by atoms with E-state index in [-0.39, 0.29) is 11.0 Å². The third-order valence-electron chi connectivity index (χ3n) is 2.42. The Kier molecular flexibility index (Phi) is 2.83. The first-order chi connectivity index (χ1) is 8.93. The Balaban J connectivity index is 3.03. The van der Waals surface area contributed by atoms with Crippen LogP contribution < -0.4 is 0 Å². The van der Waals surface area contributed by atoms with Crippen LogP contribution in [0.4, 0.5) is 0 Å². The summed E-state index contributed by atoms with van der Waals surface area (Å²) in [5.41, 5.74) is -2.08. The van der Waals surface area contributed by atoms with Gasteiger partial charge in [0.05, 0.1) is 11.1 Å². The molecule has 2 aromatic rings. The van der Waals surface area contributed by atoms with Gasteiger partial charge in [0.25, 0.3) is 0 Å². The number of fused-ring (bicyclic) bond motifs is 1. The average Bonchev–Trinajstić information content (AvgIpc) is 2.35. The second-order valence-electron chi connectivity index (χ2n) is 3.52. The summed E-state index contributed by atoms with van der Waals surface area (Å²) in [4.78, 5) is 40.7. The van der Waals surface area contributed by atoms with Gasteiger partial charge < -0.3 is 15.3 Å². The lowest BCUT2D eigenvalue weighted by Crippen LogP contribution is -2.13. The maximum Gasteiger partial charge on any atom is 0.338 e. The summed E-state index contributed by atoms with van der Waals surface area (Å²) in [6, 6.07) is 0.769. The lowest BCUT2D eigenvalue weighted by molar-refractivity contribution is 0.0651. The lowest BCUT2D eigenvalue weighted by Gasteiger charge is -2.07. The fraction of sp³-hybridized carbons (Fsp3) is 0. The molecule has 1 heterocycles. The molecule has 0 spiro atoms. The number of hydrogen-bond donors (Lipinski definition) is 3. The van der Waals surface area contributed by atoms with Crippen molar-refractivity contribution in [2.45, 2.75) is 0 Å². The van der Waals surface area contributed by atoms with Gasteiger partial charge in [0, 0.05) is 12.4 Å². The number of carboxylic acids is 3. The smallest absolute Gasteiger partial charge is 0.338 e. The van der Waals surface area contributed by atoms with Gasteiger partial charge in [-0.25, -0.2) is 14.4 Å². The van der Waals surface area contributed by atoms with Gasteiger partial charge in [0.2, 0.25) is 0 Å². The molecule has 2 rings (SSSR count). The summed E-state index contributed by atoms with van der Waals surface area (Å²) in [6.07, 6.45) is 2.35. The molecule has 0 radical (unpaired) electrons. The number of aromatic nitrogens is 2. The molecule has 8 nitrogen and oxygen atoms in total. The number of carbonyl (C=O) groups is 3. The molecule has 0 saturated heterocycles. The number of benzene rings is 1. The SMILES string of the molecule is O=C(O)c1cc(C(=O)O)c2nccnc2c1C(=O)O. The highest BCUT2D eigenvalue weighted by Gasteiger charge is 2.25. The van der Waals surface area contributed by atoms with Crippen molar-refractivity contribution in [3.8, 4) is 0 Å². The van der Waals surface area contributed by atoms with E-state index >= 15 is 0 Å². The van der Waals surface area contributed by atoms with E-state index in [1.165, 1.54) is 6.20 Å². The molecule has 1 aromatic heterocycles. The van der Waals surface area contributed by atoms with Crippen molar-refractivity contribution >= 4 is 28.9 Å². The van der Waals surface area contributed by atoms with Gasteiger partial charge in [-0.2, -0.15) is 0 Å². The van der Waals surface area contributed by atoms with Crippen LogP contribution in [-0.2, 0) is 0 Å². The molecule has 0 aliphatic rings. The van der Waals surface area contributed by atoms with Crippen LogP contribution in [0.1, 0.15) is 31.1 Å². The monoisotopic (exact) mass is 262 g/mol. The molecule has 0 fully saturated rings. The van der Waals surface area contributed by atoms with Crippen LogP contribution in [0.15, 0.2) is 18.5 Å². The van der Waals surface area contributed by atoms with Crippen molar-refractivity contribution in [1.29, 1.82) is 0 Å². The van der Waals surface area contributed by atoms with Crippen molar-refractivity contribution < 1.29 is 29.7 Å². The molecule has 3 N–H and O–H groups in total. The van der Waals surface area contributed by atoms with E-state index in [0.29, 0.717) is 0 Å². The average molecular weight is 262 g/mol. The highest BCUT2D eigenvalue weighted by molar-refractivity contribution is 6.14. The third-order valence-corrected chi connectivity index (χ3v) is 2.42. The van der Waals surface area contributed by atoms with Gasteiger partial charge >= 0.3 is 17.9 Å². The van der Waals surface area contributed by atoms with Crippen molar-refractivity contribution in [1.82, 2.24) is 9.97 Å². The van der Waals surface area contributed by atoms with Crippen LogP contribution in [0.3, 0.4) is 0 Å². The largest absolute Gasteiger partial charge is 0.478 e. The predicted octanol–water partition coefficient (Wildman–Crippen LogP) is 0.724. The molecule has 0 atom stereocenters. The predicted molar refractivity (Wildman–Crippen MR) is 60.4 cm³/mol. The fourth-order valence-electron chi connectivity index (χ4n) is 1.68. The number of rotatable bonds is 3. The molecule has 0 aliphatic carbocycles. The van der Waals surface area contributed by atoms with E-state index in [9.17, 15) is 14.4 Å². The maximum absolute atomic E-state index is 11.1. The van der Waals surface area contributed by atoms with Crippen molar-refractivity contribution in [2.24, 2.45) is 0 Å². The quantitative estimate of drug-likeness (QED) is 0.735. The van der Waals surface area contributed by atoms with E-state index in [1.54, 1.807) is 0 Å². The molecule has 0 amide bonds. The van der Waals surface area contributed by atoms with Gasteiger partial charge in [-0.05, 0) is 6.07 Å². The van der Waals surface area contributed by atoms with Gasteiger partial charge in [-0.3, -0.25) is 9.97 Å². The molecule has 8 heteroatoms. The fourth-order valence-corrected chi connectivity index (χ4v) is 1.68. The van der Waals surface area contributed by atoms with Crippen molar-refractivity contribution in [3.63, 3.8) is 0 Å². The van der Waals surface area contributed by atoms with E-state index in [4.69, 9.17) is 15.3 Å². The number of nitrogens with zero attached hydrogens (tertiary/aromatic N) is 2. The second-order valence-corrected chi connectivity index (χ2v) is 3.52. The Bertz CT molecular complexity index is 724. The Morgan fingerprint density at radius 2 is 1.32 bits per heavy atom. The van der Waals surface area contributed by atoms with E-state index < -0.39 is 34.6 Å². The molecule has 96 valence electrons. The van der Waals surface area contributed by atoms with Gasteiger partial charge in [-0.15, -0.1) is 0 Å². The van der Waals surface area contributed by atoms with Crippen LogP contribution in [-0.4, -0.2) is 43.2 Å². The first-order valence-electron chi connectivity index (χ1n) is 4.91. The Labute approximate surface area is 105 Å². The summed E-state index contributed by atoms with van der Waals surface area (Å²) in [7, 11) is 0. The summed E-state index contributed by atoms with van der Waals surface area (Å²) < 4.78 is 0. The Morgan fingerprint density at radius 3 is 1.79 bits per heavy atom. The van der Waals surface area contributed by atoms with Crippen LogP contribution in [0.25, 0.3) is 11.0 Å². The summed E-state index contributed by atoms with van der Waals surface area (Å²) in [5.74, 6) is -4.47. The molecule has 0 unspecified atom stereocenters. The van der Waals surface area contributed by atoms with Gasteiger partial charge in [0.1, 0.15) is 16.6 Å². The molecular formula is C11H6N2O6. The Hall–Kier alpha value is -3.03. The lowest BCUT2D eigenvalue weighted by atomic mass is 10.0. The second kappa shape index (κ2) is 4.33. The topological polar surface area (TPSA) is 138 Å². The van der Waals surface area contributed by atoms with E-state index in [2.05, 4.69) is 9.97 Å². The summed E-state index contributed by atoms with van der Waals surface area (Å²) in [6.45, 7) is 0. The highest BCUT2D eigenvalue weighted by atomic mass is 16.4. The maximum atomic E-state index is 11.1. The van der Waals surface area contributed by atoms with Crippen molar-refractivity contribution in [2.75, 3.05) is 0 Å². The number of hydrogen-bond acceptors (Lipinski definition) is 5. The number of aromatic carboxylic acids is 3. The molecular weight excluding hydrogens is 256 g/mol. The normalized spacial score (nSPS) is 10.3. The Morgan fingerprint density at radius 1 is 0.789 bits per heavy atom. The van der Waals surface area contributed by atoms with E-state index in [1.807, 2.05) is 0 Å². The van der Waals surface area contributed by atoms with Crippen LogP contribution in [0.2, 0.25) is 0 Å². The van der Waals surface area contributed by atoms with Crippen LogP contribution >= 0.6 is 0 Å². The zero-order chi connectivity index (χ0) is 14.2. The van der Waals surface area contributed by atoms with Crippen LogP contribution in [0, 0.1) is 0 Å². The first-order valence-corrected chi connectivity index (χ1v) is 4.91. The van der Waals surface area contributed by atoms with Crippen LogP contribution in [0.5, 0.6) is 0 Å². The zero-order valence-corrected chi connectivity index (χ0v) is 9.19. The molecule has 19 heavy (non-hydrogen) atoms. The minimum Gasteiger partial charge on any atom is -0.478 e. The highest BCUT2D eigenvalue weighted by Crippen LogP contribution is 2.23. The molecule has 0 bridgehead atoms. The van der Waals surface area contributed by atoms with Gasteiger partial charge in [-0.1, -0.05) is 0 Å². The van der Waals surface area contributed by atoms with E-state index in [0.717, 1.165) is 12.3 Å². The number of carboxylic acid groups (broad SMARTS) is 3. The third kappa shape index (κ3) is 1.95. The zero-order valence-electron chi connectivity index (χ0n) is 9.19. The van der Waals surface area contributed by atoms with Gasteiger partial charge in [0.15, 0.2) is 0 Å². The molecule has 0 aliphatic heterocycles. The first kappa shape index (κ1) is 12.4. The summed E-state index contributed by atoms with van der Waals surface area (Å²) in [5, 5.41) is 27.0. The standard InChI is InChI=1S/C11H6N2O6/c14-9(15)4-3-5(10(16)17)7-8(6(4)11(18)19)13-2-1-12-7/h1-3H,(H,14,15)(H,16,17)(H,18,19). The molecule has 0 saturated carbocycles. The minimum atomic E-state index is -1.55. The summed E-state index contributed by atoms with van der Waals surface area (Å²) >= 11 is 0.